The Labute approximate surface area is 95.1 Å². The monoisotopic (exact) mass is 223 g/mol. The van der Waals surface area contributed by atoms with Crippen LogP contribution in [0.2, 0.25) is 0 Å². The molecule has 1 aromatic heterocycles. The zero-order valence-corrected chi connectivity index (χ0v) is 10.0. The summed E-state index contributed by atoms with van der Waals surface area (Å²) in [6, 6.07) is 2.71. The second-order valence-corrected chi connectivity index (χ2v) is 5.50. The van der Waals surface area contributed by atoms with E-state index < -0.39 is 0 Å². The topological polar surface area (TPSA) is 37.8 Å². The third kappa shape index (κ3) is 3.80. The maximum Gasteiger partial charge on any atom is 0.188 e. The number of hydrogen-bond donors (Lipinski definition) is 1. The largest absolute Gasteiger partial charge is 0.313 e. The number of thioether (sulfide) groups is 1. The van der Waals surface area contributed by atoms with Gasteiger partial charge in [0, 0.05) is 29.7 Å². The molecule has 1 aromatic rings. The molecule has 1 N–H and O–H groups in total. The highest BCUT2D eigenvalue weighted by Gasteiger charge is 2.21. The first-order valence-electron chi connectivity index (χ1n) is 5.44. The minimum atomic E-state index is 0.535. The number of nitrogens with one attached hydrogen (secondary N) is 1. The van der Waals surface area contributed by atoms with E-state index in [4.69, 9.17) is 0 Å². The average Bonchev–Trinajstić information content (AvgIpc) is 2.98. The van der Waals surface area contributed by atoms with Crippen molar-refractivity contribution >= 4 is 11.8 Å². The molecule has 0 amide bonds. The third-order valence-electron chi connectivity index (χ3n) is 2.35. The molecule has 15 heavy (non-hydrogen) atoms. The summed E-state index contributed by atoms with van der Waals surface area (Å²) in [4.78, 5) is 8.63. The smallest absolute Gasteiger partial charge is 0.188 e. The average molecular weight is 223 g/mol. The Morgan fingerprint density at radius 2 is 2.40 bits per heavy atom. The van der Waals surface area contributed by atoms with Crippen LogP contribution in [0.3, 0.4) is 0 Å². The van der Waals surface area contributed by atoms with Crippen molar-refractivity contribution < 1.29 is 0 Å². The highest BCUT2D eigenvalue weighted by Crippen LogP contribution is 2.22. The van der Waals surface area contributed by atoms with E-state index in [1.54, 1.807) is 11.8 Å². The van der Waals surface area contributed by atoms with Crippen molar-refractivity contribution in [2.45, 2.75) is 43.1 Å². The number of aryl methyl sites for hydroxylation is 1. The molecule has 1 heterocycles. The van der Waals surface area contributed by atoms with Gasteiger partial charge in [-0.3, -0.25) is 0 Å². The number of nitrogens with zero attached hydrogens (tertiary/aromatic N) is 2. The van der Waals surface area contributed by atoms with Gasteiger partial charge in [0.2, 0.25) is 0 Å². The fourth-order valence-corrected chi connectivity index (χ4v) is 2.18. The van der Waals surface area contributed by atoms with Crippen LogP contribution in [-0.4, -0.2) is 27.8 Å². The predicted octanol–water partition coefficient (Wildman–Crippen LogP) is 2.02. The molecule has 0 radical (unpaired) electrons. The van der Waals surface area contributed by atoms with Crippen LogP contribution in [-0.2, 0) is 0 Å². The molecule has 0 spiro atoms. The molecule has 1 saturated carbocycles. The fraction of sp³-hybridized carbons (Fsp3) is 0.636. The van der Waals surface area contributed by atoms with Gasteiger partial charge >= 0.3 is 0 Å². The molecule has 0 bridgehead atoms. The van der Waals surface area contributed by atoms with Gasteiger partial charge in [-0.15, -0.1) is 0 Å². The van der Waals surface area contributed by atoms with Crippen LogP contribution in [0.15, 0.2) is 17.4 Å². The van der Waals surface area contributed by atoms with Gasteiger partial charge in [-0.1, -0.05) is 18.7 Å². The second kappa shape index (κ2) is 4.94. The summed E-state index contributed by atoms with van der Waals surface area (Å²) in [5.74, 6) is 0. The Balaban J connectivity index is 1.79. The van der Waals surface area contributed by atoms with Gasteiger partial charge in [0.25, 0.3) is 0 Å². The van der Waals surface area contributed by atoms with Crippen molar-refractivity contribution in [2.24, 2.45) is 0 Å². The van der Waals surface area contributed by atoms with Crippen molar-refractivity contribution in [1.29, 1.82) is 0 Å². The Hall–Kier alpha value is -0.610. The molecular weight excluding hydrogens is 206 g/mol. The first-order chi connectivity index (χ1) is 7.24. The molecule has 1 atom stereocenters. The van der Waals surface area contributed by atoms with Gasteiger partial charge in [-0.05, 0) is 25.8 Å². The lowest BCUT2D eigenvalue weighted by atomic mass is 10.4. The van der Waals surface area contributed by atoms with Gasteiger partial charge in [0.15, 0.2) is 5.16 Å². The summed E-state index contributed by atoms with van der Waals surface area (Å²) in [7, 11) is 0. The Morgan fingerprint density at radius 3 is 3.07 bits per heavy atom. The summed E-state index contributed by atoms with van der Waals surface area (Å²) in [5, 5.41) is 4.94. The SMILES string of the molecule is Cc1ccnc(SC(C)CNC2CC2)n1. The van der Waals surface area contributed by atoms with Gasteiger partial charge in [-0.25, -0.2) is 9.97 Å². The predicted molar refractivity (Wildman–Crippen MR) is 63.1 cm³/mol. The van der Waals surface area contributed by atoms with Crippen LogP contribution in [0.5, 0.6) is 0 Å². The van der Waals surface area contributed by atoms with Crippen LogP contribution in [0.25, 0.3) is 0 Å². The van der Waals surface area contributed by atoms with E-state index in [-0.39, 0.29) is 0 Å². The van der Waals surface area contributed by atoms with Crippen molar-refractivity contribution in [3.63, 3.8) is 0 Å². The second-order valence-electron chi connectivity index (χ2n) is 4.09. The van der Waals surface area contributed by atoms with E-state index in [1.807, 2.05) is 19.2 Å². The van der Waals surface area contributed by atoms with E-state index in [2.05, 4.69) is 22.2 Å². The minimum Gasteiger partial charge on any atom is -0.313 e. The lowest BCUT2D eigenvalue weighted by Crippen LogP contribution is -2.24. The lowest BCUT2D eigenvalue weighted by molar-refractivity contribution is 0.677. The van der Waals surface area contributed by atoms with E-state index in [0.29, 0.717) is 5.25 Å². The van der Waals surface area contributed by atoms with Crippen molar-refractivity contribution in [1.82, 2.24) is 15.3 Å². The molecule has 3 nitrogen and oxygen atoms in total. The molecule has 4 heteroatoms. The maximum atomic E-state index is 4.38. The van der Waals surface area contributed by atoms with Gasteiger partial charge < -0.3 is 5.32 Å². The molecule has 0 aromatic carbocycles. The third-order valence-corrected chi connectivity index (χ3v) is 3.33. The van der Waals surface area contributed by atoms with E-state index in [1.165, 1.54) is 12.8 Å². The highest BCUT2D eigenvalue weighted by molar-refractivity contribution is 7.99. The van der Waals surface area contributed by atoms with Gasteiger partial charge in [0.05, 0.1) is 0 Å². The molecule has 1 aliphatic carbocycles. The first kappa shape index (κ1) is 10.9. The molecular formula is C11H17N3S. The molecule has 2 rings (SSSR count). The summed E-state index contributed by atoms with van der Waals surface area (Å²) < 4.78 is 0. The molecule has 0 saturated heterocycles. The highest BCUT2D eigenvalue weighted by atomic mass is 32.2. The van der Waals surface area contributed by atoms with Crippen LogP contribution in [0.1, 0.15) is 25.5 Å². The van der Waals surface area contributed by atoms with E-state index >= 15 is 0 Å². The van der Waals surface area contributed by atoms with E-state index in [0.717, 1.165) is 23.4 Å². The molecule has 1 fully saturated rings. The maximum absolute atomic E-state index is 4.38. The summed E-state index contributed by atoms with van der Waals surface area (Å²) in [5.41, 5.74) is 1.04. The molecule has 1 unspecified atom stereocenters. The van der Waals surface area contributed by atoms with Gasteiger partial charge in [0.1, 0.15) is 0 Å². The van der Waals surface area contributed by atoms with E-state index in [9.17, 15) is 0 Å². The summed E-state index contributed by atoms with van der Waals surface area (Å²) >= 11 is 1.74. The van der Waals surface area contributed by atoms with Crippen LogP contribution in [0, 0.1) is 6.92 Å². The zero-order chi connectivity index (χ0) is 10.7. The Kier molecular flexibility index (Phi) is 3.59. The van der Waals surface area contributed by atoms with Crippen LogP contribution in [0.4, 0.5) is 0 Å². The van der Waals surface area contributed by atoms with Crippen molar-refractivity contribution in [3.05, 3.63) is 18.0 Å². The molecule has 1 aliphatic rings. The number of aromatic nitrogens is 2. The van der Waals surface area contributed by atoms with Gasteiger partial charge in [-0.2, -0.15) is 0 Å². The Morgan fingerprint density at radius 1 is 1.60 bits per heavy atom. The molecule has 0 aliphatic heterocycles. The van der Waals surface area contributed by atoms with Crippen molar-refractivity contribution in [3.8, 4) is 0 Å². The summed E-state index contributed by atoms with van der Waals surface area (Å²) in [6.45, 7) is 5.26. The van der Waals surface area contributed by atoms with Crippen LogP contribution >= 0.6 is 11.8 Å². The van der Waals surface area contributed by atoms with Crippen molar-refractivity contribution in [2.75, 3.05) is 6.54 Å². The normalized spacial score (nSPS) is 17.7. The Bertz CT molecular complexity index is 325. The first-order valence-corrected chi connectivity index (χ1v) is 6.31. The molecule has 82 valence electrons. The number of hydrogen-bond acceptors (Lipinski definition) is 4. The summed E-state index contributed by atoms with van der Waals surface area (Å²) in [6.07, 6.45) is 4.52. The standard InChI is InChI=1S/C11H17N3S/c1-8-5-6-12-11(14-8)15-9(2)7-13-10-3-4-10/h5-6,9-10,13H,3-4,7H2,1-2H3. The lowest BCUT2D eigenvalue weighted by Gasteiger charge is -2.10. The quantitative estimate of drug-likeness (QED) is 0.612. The minimum absolute atomic E-state index is 0.535. The number of rotatable bonds is 5. The zero-order valence-electron chi connectivity index (χ0n) is 9.23. The fourth-order valence-electron chi connectivity index (χ4n) is 1.32. The van der Waals surface area contributed by atoms with Crippen LogP contribution < -0.4 is 5.32 Å².